The van der Waals surface area contributed by atoms with Crippen LogP contribution in [0.5, 0.6) is 0 Å². The summed E-state index contributed by atoms with van der Waals surface area (Å²) in [5, 5.41) is 3.47. The lowest BCUT2D eigenvalue weighted by Gasteiger charge is -2.07. The van der Waals surface area contributed by atoms with Crippen molar-refractivity contribution < 1.29 is 0 Å². The van der Waals surface area contributed by atoms with Crippen LogP contribution in [0.2, 0.25) is 0 Å². The molecule has 2 rings (SSSR count). The van der Waals surface area contributed by atoms with Gasteiger partial charge in [-0.15, -0.1) is 0 Å². The van der Waals surface area contributed by atoms with Gasteiger partial charge < -0.3 is 11.1 Å². The summed E-state index contributed by atoms with van der Waals surface area (Å²) in [6, 6.07) is 0.849. The fourth-order valence-electron chi connectivity index (χ4n) is 1.22. The summed E-state index contributed by atoms with van der Waals surface area (Å²) in [4.78, 5) is 0. The Bertz CT molecular complexity index is 125. The Morgan fingerprint density at radius 1 is 1.40 bits per heavy atom. The highest BCUT2D eigenvalue weighted by molar-refractivity contribution is 4.99. The summed E-state index contributed by atoms with van der Waals surface area (Å²) in [6.07, 6.45) is 6.46. The summed E-state index contributed by atoms with van der Waals surface area (Å²) in [5.74, 6) is 0. The van der Waals surface area contributed by atoms with E-state index >= 15 is 0 Å². The van der Waals surface area contributed by atoms with Gasteiger partial charge in [0.1, 0.15) is 0 Å². The van der Waals surface area contributed by atoms with E-state index in [2.05, 4.69) is 5.32 Å². The first-order valence-electron chi connectivity index (χ1n) is 4.31. The van der Waals surface area contributed by atoms with Crippen LogP contribution in [-0.2, 0) is 0 Å². The molecule has 0 amide bonds. The van der Waals surface area contributed by atoms with E-state index in [4.69, 9.17) is 5.73 Å². The molecule has 0 radical (unpaired) electrons. The van der Waals surface area contributed by atoms with Crippen LogP contribution in [0.25, 0.3) is 0 Å². The predicted molar refractivity (Wildman–Crippen MR) is 41.8 cm³/mol. The molecule has 0 atom stereocenters. The van der Waals surface area contributed by atoms with Gasteiger partial charge in [0.05, 0.1) is 0 Å². The van der Waals surface area contributed by atoms with Crippen molar-refractivity contribution in [3.8, 4) is 0 Å². The lowest BCUT2D eigenvalue weighted by molar-refractivity contribution is 0.552. The van der Waals surface area contributed by atoms with Gasteiger partial charge in [-0.2, -0.15) is 0 Å². The van der Waals surface area contributed by atoms with E-state index in [-0.39, 0.29) is 5.54 Å². The highest BCUT2D eigenvalue weighted by atomic mass is 15.0. The zero-order valence-electron chi connectivity index (χ0n) is 6.40. The van der Waals surface area contributed by atoms with Crippen molar-refractivity contribution in [3.63, 3.8) is 0 Å². The minimum absolute atomic E-state index is 0.252. The molecule has 2 saturated carbocycles. The van der Waals surface area contributed by atoms with Gasteiger partial charge in [-0.1, -0.05) is 0 Å². The average molecular weight is 140 g/mol. The van der Waals surface area contributed by atoms with E-state index in [1.54, 1.807) is 0 Å². The molecule has 10 heavy (non-hydrogen) atoms. The quantitative estimate of drug-likeness (QED) is 0.600. The van der Waals surface area contributed by atoms with Crippen molar-refractivity contribution in [2.45, 2.75) is 43.7 Å². The van der Waals surface area contributed by atoms with Gasteiger partial charge in [0.25, 0.3) is 0 Å². The van der Waals surface area contributed by atoms with E-state index in [0.717, 1.165) is 12.6 Å². The molecule has 0 spiro atoms. The lowest BCUT2D eigenvalue weighted by atomic mass is 10.2. The van der Waals surface area contributed by atoms with Crippen LogP contribution in [0.15, 0.2) is 0 Å². The molecule has 0 aromatic heterocycles. The first-order valence-corrected chi connectivity index (χ1v) is 4.31. The molecule has 2 fully saturated rings. The molecule has 2 nitrogen and oxygen atoms in total. The molecular formula is C8H16N2. The molecular weight excluding hydrogens is 124 g/mol. The van der Waals surface area contributed by atoms with Crippen LogP contribution in [-0.4, -0.2) is 18.1 Å². The third-order valence-electron chi connectivity index (χ3n) is 2.53. The molecule has 58 valence electrons. The third kappa shape index (κ3) is 1.70. The maximum Gasteiger partial charge on any atom is 0.0167 e. The monoisotopic (exact) mass is 140 g/mol. The maximum atomic E-state index is 5.91. The Balaban J connectivity index is 1.54. The normalized spacial score (nSPS) is 28.5. The molecule has 0 aromatic rings. The first-order chi connectivity index (χ1) is 4.79. The fraction of sp³-hybridized carbons (Fsp3) is 1.00. The largest absolute Gasteiger partial charge is 0.325 e. The second-order valence-corrected chi connectivity index (χ2v) is 3.84. The van der Waals surface area contributed by atoms with Crippen LogP contribution in [0.4, 0.5) is 0 Å². The molecule has 2 aliphatic rings. The average Bonchev–Trinajstić information content (AvgIpc) is 2.70. The van der Waals surface area contributed by atoms with Crippen LogP contribution in [0.3, 0.4) is 0 Å². The van der Waals surface area contributed by atoms with Crippen molar-refractivity contribution >= 4 is 0 Å². The summed E-state index contributed by atoms with van der Waals surface area (Å²) in [7, 11) is 0. The van der Waals surface area contributed by atoms with Crippen LogP contribution in [0.1, 0.15) is 32.1 Å². The van der Waals surface area contributed by atoms with E-state index in [0.29, 0.717) is 0 Å². The smallest absolute Gasteiger partial charge is 0.0167 e. The van der Waals surface area contributed by atoms with Gasteiger partial charge in [0, 0.05) is 11.6 Å². The van der Waals surface area contributed by atoms with E-state index in [9.17, 15) is 0 Å². The molecule has 0 saturated heterocycles. The molecule has 3 N–H and O–H groups in total. The summed E-state index contributed by atoms with van der Waals surface area (Å²) < 4.78 is 0. The van der Waals surface area contributed by atoms with Gasteiger partial charge in [-0.25, -0.2) is 0 Å². The predicted octanol–water partition coefficient (Wildman–Crippen LogP) is 0.620. The minimum Gasteiger partial charge on any atom is -0.325 e. The van der Waals surface area contributed by atoms with Gasteiger partial charge in [-0.3, -0.25) is 0 Å². The Kier molecular flexibility index (Phi) is 1.46. The number of hydrogen-bond acceptors (Lipinski definition) is 2. The van der Waals surface area contributed by atoms with Gasteiger partial charge in [0.15, 0.2) is 0 Å². The SMILES string of the molecule is NC1(CCNC2CC2)CC1. The van der Waals surface area contributed by atoms with Crippen molar-refractivity contribution in [2.24, 2.45) is 5.73 Å². The highest BCUT2D eigenvalue weighted by Crippen LogP contribution is 2.35. The van der Waals surface area contributed by atoms with Crippen molar-refractivity contribution in [1.29, 1.82) is 0 Å². The second-order valence-electron chi connectivity index (χ2n) is 3.84. The highest BCUT2D eigenvalue weighted by Gasteiger charge is 2.37. The minimum atomic E-state index is 0.252. The molecule has 2 aliphatic carbocycles. The molecule has 0 aliphatic heterocycles. The van der Waals surface area contributed by atoms with Gasteiger partial charge in [0.2, 0.25) is 0 Å². The molecule has 0 bridgehead atoms. The zero-order chi connectivity index (χ0) is 7.03. The van der Waals surface area contributed by atoms with Crippen LogP contribution < -0.4 is 11.1 Å². The maximum absolute atomic E-state index is 5.91. The third-order valence-corrected chi connectivity index (χ3v) is 2.53. The molecule has 0 unspecified atom stereocenters. The molecule has 0 heterocycles. The molecule has 0 aromatic carbocycles. The Labute approximate surface area is 62.2 Å². The summed E-state index contributed by atoms with van der Waals surface area (Å²) in [6.45, 7) is 1.14. The Morgan fingerprint density at radius 3 is 2.60 bits per heavy atom. The van der Waals surface area contributed by atoms with Gasteiger partial charge >= 0.3 is 0 Å². The second kappa shape index (κ2) is 2.21. The summed E-state index contributed by atoms with van der Waals surface area (Å²) >= 11 is 0. The fourth-order valence-corrected chi connectivity index (χ4v) is 1.22. The van der Waals surface area contributed by atoms with Crippen molar-refractivity contribution in [2.75, 3.05) is 6.54 Å². The van der Waals surface area contributed by atoms with Crippen LogP contribution in [0, 0.1) is 0 Å². The number of nitrogens with one attached hydrogen (secondary N) is 1. The van der Waals surface area contributed by atoms with Crippen LogP contribution >= 0.6 is 0 Å². The molecule has 2 heteroatoms. The van der Waals surface area contributed by atoms with Crippen molar-refractivity contribution in [1.82, 2.24) is 5.32 Å². The zero-order valence-corrected chi connectivity index (χ0v) is 6.40. The lowest BCUT2D eigenvalue weighted by Crippen LogP contribution is -2.28. The van der Waals surface area contributed by atoms with E-state index in [1.165, 1.54) is 32.1 Å². The summed E-state index contributed by atoms with van der Waals surface area (Å²) in [5.41, 5.74) is 6.17. The van der Waals surface area contributed by atoms with E-state index in [1.807, 2.05) is 0 Å². The Hall–Kier alpha value is -0.0800. The number of rotatable bonds is 4. The standard InChI is InChI=1S/C8H16N2/c9-8(3-4-8)5-6-10-7-1-2-7/h7,10H,1-6,9H2. The Morgan fingerprint density at radius 2 is 2.10 bits per heavy atom. The topological polar surface area (TPSA) is 38.0 Å². The number of hydrogen-bond donors (Lipinski definition) is 2. The first kappa shape index (κ1) is 6.62. The van der Waals surface area contributed by atoms with Crippen molar-refractivity contribution in [3.05, 3.63) is 0 Å². The van der Waals surface area contributed by atoms with E-state index < -0.39 is 0 Å². The van der Waals surface area contributed by atoms with Gasteiger partial charge in [-0.05, 0) is 38.6 Å². The number of nitrogens with two attached hydrogens (primary N) is 1.